The molecule has 1 heterocycles. The van der Waals surface area contributed by atoms with Crippen LogP contribution in [0.4, 0.5) is 0 Å². The molecule has 0 saturated heterocycles. The van der Waals surface area contributed by atoms with E-state index in [2.05, 4.69) is 20.9 Å². The van der Waals surface area contributed by atoms with E-state index in [1.54, 1.807) is 12.4 Å². The molecule has 1 atom stereocenters. The van der Waals surface area contributed by atoms with Gasteiger partial charge in [0.2, 0.25) is 5.91 Å². The molecule has 1 amide bonds. The number of hydrogen-bond donors (Lipinski definition) is 2. The number of nitrogens with two attached hydrogens (primary N) is 2. The predicted octanol–water partition coefficient (Wildman–Crippen LogP) is 0.719. The lowest BCUT2D eigenvalue weighted by Crippen LogP contribution is -2.20. The van der Waals surface area contributed by atoms with E-state index in [-0.39, 0.29) is 12.5 Å². The Hall–Kier alpha value is -0.940. The summed E-state index contributed by atoms with van der Waals surface area (Å²) in [6.07, 6.45) is 3.41. The van der Waals surface area contributed by atoms with E-state index in [1.165, 1.54) is 0 Å². The van der Waals surface area contributed by atoms with E-state index in [1.807, 2.05) is 6.07 Å². The van der Waals surface area contributed by atoms with Gasteiger partial charge in [-0.05, 0) is 27.6 Å². The lowest BCUT2D eigenvalue weighted by molar-refractivity contribution is -0.118. The fourth-order valence-corrected chi connectivity index (χ4v) is 1.35. The highest BCUT2D eigenvalue weighted by molar-refractivity contribution is 9.10. The number of hydrogen-bond acceptors (Lipinski definition) is 3. The monoisotopic (exact) mass is 243 g/mol. The number of carbonyl (C=O) groups excluding carboxylic acids is 1. The van der Waals surface area contributed by atoms with Crippen LogP contribution in [0.5, 0.6) is 0 Å². The van der Waals surface area contributed by atoms with Crippen molar-refractivity contribution in [2.24, 2.45) is 11.5 Å². The topological polar surface area (TPSA) is 82.0 Å². The van der Waals surface area contributed by atoms with Crippen molar-refractivity contribution in [3.8, 4) is 0 Å². The van der Waals surface area contributed by atoms with E-state index in [0.29, 0.717) is 0 Å². The zero-order chi connectivity index (χ0) is 9.84. The van der Waals surface area contributed by atoms with Crippen molar-refractivity contribution >= 4 is 21.8 Å². The minimum atomic E-state index is -0.410. The maximum absolute atomic E-state index is 10.6. The fraction of sp³-hybridized carbons (Fsp3) is 0.250. The summed E-state index contributed by atoms with van der Waals surface area (Å²) in [6.45, 7) is 0. The van der Waals surface area contributed by atoms with Gasteiger partial charge >= 0.3 is 0 Å². The maximum atomic E-state index is 10.6. The Kier molecular flexibility index (Phi) is 3.39. The van der Waals surface area contributed by atoms with Gasteiger partial charge in [-0.1, -0.05) is 0 Å². The molecule has 0 aliphatic heterocycles. The van der Waals surface area contributed by atoms with E-state index in [4.69, 9.17) is 11.5 Å². The summed E-state index contributed by atoms with van der Waals surface area (Å²) in [5.74, 6) is -0.410. The molecule has 1 rings (SSSR count). The molecule has 4 nitrogen and oxygen atoms in total. The zero-order valence-electron chi connectivity index (χ0n) is 6.90. The van der Waals surface area contributed by atoms with E-state index in [0.717, 1.165) is 10.0 Å². The van der Waals surface area contributed by atoms with Gasteiger partial charge in [0.05, 0.1) is 0 Å². The van der Waals surface area contributed by atoms with Crippen LogP contribution >= 0.6 is 15.9 Å². The third-order valence-electron chi connectivity index (χ3n) is 1.58. The van der Waals surface area contributed by atoms with Crippen LogP contribution in [0.25, 0.3) is 0 Å². The van der Waals surface area contributed by atoms with Gasteiger partial charge in [-0.2, -0.15) is 0 Å². The minimum Gasteiger partial charge on any atom is -0.370 e. The number of halogens is 1. The Morgan fingerprint density at radius 3 is 2.85 bits per heavy atom. The number of amides is 1. The van der Waals surface area contributed by atoms with Gasteiger partial charge < -0.3 is 11.5 Å². The number of carbonyl (C=O) groups is 1. The highest BCUT2D eigenvalue weighted by Gasteiger charge is 2.09. The fourth-order valence-electron chi connectivity index (χ4n) is 0.966. The molecule has 0 bridgehead atoms. The van der Waals surface area contributed by atoms with Gasteiger partial charge in [0.1, 0.15) is 0 Å². The molecular formula is C8H10BrN3O. The highest BCUT2D eigenvalue weighted by atomic mass is 79.9. The van der Waals surface area contributed by atoms with Crippen LogP contribution in [0.1, 0.15) is 18.0 Å². The van der Waals surface area contributed by atoms with Gasteiger partial charge in [0, 0.05) is 29.3 Å². The summed E-state index contributed by atoms with van der Waals surface area (Å²) in [5.41, 5.74) is 11.5. The van der Waals surface area contributed by atoms with E-state index >= 15 is 0 Å². The number of primary amides is 1. The summed E-state index contributed by atoms with van der Waals surface area (Å²) >= 11 is 3.26. The van der Waals surface area contributed by atoms with Crippen LogP contribution in [-0.2, 0) is 4.79 Å². The molecule has 13 heavy (non-hydrogen) atoms. The highest BCUT2D eigenvalue weighted by Crippen LogP contribution is 2.16. The molecule has 0 fully saturated rings. The van der Waals surface area contributed by atoms with Crippen LogP contribution in [0, 0.1) is 0 Å². The van der Waals surface area contributed by atoms with Gasteiger partial charge in [-0.25, -0.2) is 0 Å². The normalized spacial score (nSPS) is 12.5. The number of aromatic nitrogens is 1. The first-order chi connectivity index (χ1) is 6.09. The Morgan fingerprint density at radius 1 is 1.62 bits per heavy atom. The molecule has 0 aliphatic carbocycles. The molecule has 1 aromatic rings. The largest absolute Gasteiger partial charge is 0.370 e. The molecule has 70 valence electrons. The summed E-state index contributed by atoms with van der Waals surface area (Å²) in [6, 6.07) is 1.45. The third kappa shape index (κ3) is 3.12. The molecule has 0 unspecified atom stereocenters. The van der Waals surface area contributed by atoms with Crippen molar-refractivity contribution in [1.82, 2.24) is 4.98 Å². The Bertz CT molecular complexity index is 316. The first-order valence-electron chi connectivity index (χ1n) is 3.74. The lowest BCUT2D eigenvalue weighted by atomic mass is 10.1. The summed E-state index contributed by atoms with van der Waals surface area (Å²) in [5, 5.41) is 0. The maximum Gasteiger partial charge on any atom is 0.219 e. The van der Waals surface area contributed by atoms with Gasteiger partial charge in [0.25, 0.3) is 0 Å². The van der Waals surface area contributed by atoms with Crippen molar-refractivity contribution < 1.29 is 4.79 Å². The van der Waals surface area contributed by atoms with Crippen molar-refractivity contribution in [3.05, 3.63) is 28.5 Å². The molecular weight excluding hydrogens is 234 g/mol. The molecule has 0 aliphatic rings. The number of rotatable bonds is 3. The van der Waals surface area contributed by atoms with Crippen LogP contribution < -0.4 is 11.5 Å². The average molecular weight is 244 g/mol. The molecule has 0 aromatic carbocycles. The second-order valence-electron chi connectivity index (χ2n) is 2.71. The molecule has 0 saturated carbocycles. The van der Waals surface area contributed by atoms with Gasteiger partial charge in [-0.15, -0.1) is 0 Å². The van der Waals surface area contributed by atoms with Crippen molar-refractivity contribution in [2.45, 2.75) is 12.5 Å². The van der Waals surface area contributed by atoms with E-state index < -0.39 is 5.91 Å². The lowest BCUT2D eigenvalue weighted by Gasteiger charge is -2.08. The van der Waals surface area contributed by atoms with Crippen molar-refractivity contribution in [3.63, 3.8) is 0 Å². The molecule has 5 heteroatoms. The van der Waals surface area contributed by atoms with Gasteiger partial charge in [0.15, 0.2) is 0 Å². The Morgan fingerprint density at radius 2 is 2.31 bits per heavy atom. The van der Waals surface area contributed by atoms with E-state index in [9.17, 15) is 4.79 Å². The summed E-state index contributed by atoms with van der Waals surface area (Å²) < 4.78 is 0.838. The second kappa shape index (κ2) is 4.34. The minimum absolute atomic E-state index is 0.137. The van der Waals surface area contributed by atoms with Crippen LogP contribution in [0.3, 0.4) is 0 Å². The SMILES string of the molecule is NC(=O)C[C@H](N)c1cncc(Br)c1. The summed E-state index contributed by atoms with van der Waals surface area (Å²) in [4.78, 5) is 14.5. The molecule has 4 N–H and O–H groups in total. The quantitative estimate of drug-likeness (QED) is 0.821. The second-order valence-corrected chi connectivity index (χ2v) is 3.63. The van der Waals surface area contributed by atoms with Crippen LogP contribution in [0.2, 0.25) is 0 Å². The predicted molar refractivity (Wildman–Crippen MR) is 52.7 cm³/mol. The first-order valence-corrected chi connectivity index (χ1v) is 4.53. The van der Waals surface area contributed by atoms with Crippen LogP contribution in [-0.4, -0.2) is 10.9 Å². The third-order valence-corrected chi connectivity index (χ3v) is 2.01. The van der Waals surface area contributed by atoms with Crippen molar-refractivity contribution in [2.75, 3.05) is 0 Å². The first kappa shape index (κ1) is 10.1. The number of pyridine rings is 1. The smallest absolute Gasteiger partial charge is 0.219 e. The zero-order valence-corrected chi connectivity index (χ0v) is 8.49. The standard InChI is InChI=1S/C8H10BrN3O/c9-6-1-5(3-12-4-6)7(10)2-8(11)13/h1,3-4,7H,2,10H2,(H2,11,13)/t7-/m0/s1. The molecule has 1 aromatic heterocycles. The van der Waals surface area contributed by atoms with Crippen molar-refractivity contribution in [1.29, 1.82) is 0 Å². The molecule has 0 spiro atoms. The summed E-state index contributed by atoms with van der Waals surface area (Å²) in [7, 11) is 0. The Labute approximate surface area is 84.5 Å². The Balaban J connectivity index is 2.76. The van der Waals surface area contributed by atoms with Gasteiger partial charge in [-0.3, -0.25) is 9.78 Å². The average Bonchev–Trinajstić information content (AvgIpc) is 2.03. The number of nitrogens with zero attached hydrogens (tertiary/aromatic N) is 1. The molecule has 0 radical (unpaired) electrons. The van der Waals surface area contributed by atoms with Crippen LogP contribution in [0.15, 0.2) is 22.9 Å².